The van der Waals surface area contributed by atoms with E-state index in [9.17, 15) is 23.1 Å². The average Bonchev–Trinajstić information content (AvgIpc) is 3.25. The van der Waals surface area contributed by atoms with Crippen LogP contribution in [-0.2, 0) is 6.42 Å². The van der Waals surface area contributed by atoms with Crippen LogP contribution in [0.1, 0.15) is 28.4 Å². The Morgan fingerprint density at radius 2 is 1.78 bits per heavy atom. The Bertz CT molecular complexity index is 1440. The number of rotatable bonds is 7. The summed E-state index contributed by atoms with van der Waals surface area (Å²) in [6, 6.07) is 19.7. The van der Waals surface area contributed by atoms with E-state index in [1.165, 1.54) is 12.1 Å². The summed E-state index contributed by atoms with van der Waals surface area (Å²) >= 11 is 0. The molecule has 0 aliphatic heterocycles. The molecule has 1 aromatic heterocycles. The predicted molar refractivity (Wildman–Crippen MR) is 128 cm³/mol. The Hall–Kier alpha value is -4.29. The Morgan fingerprint density at radius 1 is 1.08 bits per heavy atom. The van der Waals surface area contributed by atoms with Gasteiger partial charge >= 0.3 is 6.36 Å². The van der Waals surface area contributed by atoms with E-state index in [-0.39, 0.29) is 12.0 Å². The van der Waals surface area contributed by atoms with Crippen molar-refractivity contribution in [2.45, 2.75) is 25.2 Å². The van der Waals surface area contributed by atoms with Crippen molar-refractivity contribution < 1.29 is 27.8 Å². The van der Waals surface area contributed by atoms with Gasteiger partial charge < -0.3 is 20.1 Å². The van der Waals surface area contributed by atoms with Crippen LogP contribution in [0.5, 0.6) is 5.75 Å². The number of ether oxygens (including phenoxy) is 1. The molecule has 0 saturated carbocycles. The molecular weight excluding hydrogens is 471 g/mol. The molecule has 0 aliphatic carbocycles. The number of aromatic nitrogens is 1. The van der Waals surface area contributed by atoms with Crippen LogP contribution in [0, 0.1) is 11.3 Å². The normalized spacial score (nSPS) is 13.1. The summed E-state index contributed by atoms with van der Waals surface area (Å²) in [5, 5.41) is 22.7. The maximum absolute atomic E-state index is 13.3. The Kier molecular flexibility index (Phi) is 6.73. The van der Waals surface area contributed by atoms with Crippen LogP contribution in [-0.4, -0.2) is 34.5 Å². The number of aliphatic hydroxyl groups excluding tert-OH is 1. The summed E-state index contributed by atoms with van der Waals surface area (Å²) in [6.07, 6.45) is -3.01. The fourth-order valence-electron chi connectivity index (χ4n) is 4.02. The van der Waals surface area contributed by atoms with E-state index in [1.54, 1.807) is 37.4 Å². The highest BCUT2D eigenvalue weighted by Crippen LogP contribution is 2.32. The zero-order valence-corrected chi connectivity index (χ0v) is 19.2. The first-order chi connectivity index (χ1) is 17.1. The fraction of sp³-hybridized carbons (Fsp3) is 0.185. The number of aliphatic hydroxyl groups is 1. The molecule has 0 bridgehead atoms. The maximum Gasteiger partial charge on any atom is 0.573 e. The van der Waals surface area contributed by atoms with E-state index in [2.05, 4.69) is 15.0 Å². The summed E-state index contributed by atoms with van der Waals surface area (Å²) in [6.45, 7) is 1.16. The highest BCUT2D eigenvalue weighted by atomic mass is 19.4. The van der Waals surface area contributed by atoms with Crippen LogP contribution in [0.2, 0.25) is 0 Å². The second kappa shape index (κ2) is 9.76. The predicted octanol–water partition coefficient (Wildman–Crippen LogP) is 5.33. The number of fused-ring (bicyclic) bond motifs is 1. The van der Waals surface area contributed by atoms with Crippen molar-refractivity contribution >= 4 is 16.8 Å². The first-order valence-corrected chi connectivity index (χ1v) is 11.0. The van der Waals surface area contributed by atoms with Gasteiger partial charge in [0.1, 0.15) is 5.75 Å². The van der Waals surface area contributed by atoms with Crippen molar-refractivity contribution in [2.24, 2.45) is 0 Å². The smallest absolute Gasteiger partial charge is 0.405 e. The summed E-state index contributed by atoms with van der Waals surface area (Å²) in [7, 11) is 0. The number of benzene rings is 3. The number of para-hydroxylation sites is 1. The largest absolute Gasteiger partial charge is 0.573 e. The third-order valence-corrected chi connectivity index (χ3v) is 5.82. The molecule has 36 heavy (non-hydrogen) atoms. The summed E-state index contributed by atoms with van der Waals surface area (Å²) in [5.41, 5.74) is 1.68. The van der Waals surface area contributed by atoms with Gasteiger partial charge in [0.25, 0.3) is 5.91 Å². The van der Waals surface area contributed by atoms with Gasteiger partial charge in [-0.2, -0.15) is 5.26 Å². The van der Waals surface area contributed by atoms with Crippen LogP contribution in [0.25, 0.3) is 22.0 Å². The molecule has 1 heterocycles. The SMILES string of the molecule is CC(CO)(Cc1c[nH]c2ccccc12)NC(=O)c1cc(-c2ccc(C#N)cc2)ccc1OC(F)(F)F. The van der Waals surface area contributed by atoms with Crippen LogP contribution >= 0.6 is 0 Å². The van der Waals surface area contributed by atoms with Crippen LogP contribution < -0.4 is 10.1 Å². The third-order valence-electron chi connectivity index (χ3n) is 5.82. The minimum Gasteiger partial charge on any atom is -0.405 e. The number of carbonyl (C=O) groups excluding carboxylic acids is 1. The molecule has 1 amide bonds. The molecule has 3 N–H and O–H groups in total. The van der Waals surface area contributed by atoms with Gasteiger partial charge in [0.05, 0.1) is 29.3 Å². The van der Waals surface area contributed by atoms with Gasteiger partial charge in [-0.3, -0.25) is 4.79 Å². The van der Waals surface area contributed by atoms with Crippen molar-refractivity contribution in [3.8, 4) is 22.9 Å². The molecular formula is C27H22F3N3O3. The minimum atomic E-state index is -5.00. The molecule has 0 aliphatic rings. The van der Waals surface area contributed by atoms with Crippen LogP contribution in [0.4, 0.5) is 13.2 Å². The lowest BCUT2D eigenvalue weighted by Crippen LogP contribution is -2.50. The van der Waals surface area contributed by atoms with Crippen molar-refractivity contribution in [3.63, 3.8) is 0 Å². The maximum atomic E-state index is 13.3. The van der Waals surface area contributed by atoms with Gasteiger partial charge in [0.15, 0.2) is 0 Å². The van der Waals surface area contributed by atoms with Crippen LogP contribution in [0.15, 0.2) is 72.9 Å². The molecule has 3 aromatic carbocycles. The molecule has 0 spiro atoms. The van der Waals surface area contributed by atoms with Gasteiger partial charge in [-0.15, -0.1) is 13.2 Å². The summed E-state index contributed by atoms with van der Waals surface area (Å²) < 4.78 is 43.3. The first-order valence-electron chi connectivity index (χ1n) is 11.0. The van der Waals surface area contributed by atoms with Crippen LogP contribution in [0.3, 0.4) is 0 Å². The number of nitriles is 1. The van der Waals surface area contributed by atoms with E-state index in [1.807, 2.05) is 30.3 Å². The molecule has 4 aromatic rings. The Balaban J connectivity index is 1.67. The monoisotopic (exact) mass is 493 g/mol. The Morgan fingerprint density at radius 3 is 2.44 bits per heavy atom. The fourth-order valence-corrected chi connectivity index (χ4v) is 4.02. The number of carbonyl (C=O) groups is 1. The van der Waals surface area contributed by atoms with E-state index in [4.69, 9.17) is 5.26 Å². The molecule has 1 unspecified atom stereocenters. The van der Waals surface area contributed by atoms with E-state index < -0.39 is 30.2 Å². The molecule has 0 fully saturated rings. The van der Waals surface area contributed by atoms with Crippen molar-refractivity contribution in [2.75, 3.05) is 6.61 Å². The first kappa shape index (κ1) is 24.8. The van der Waals surface area contributed by atoms with E-state index >= 15 is 0 Å². The van der Waals surface area contributed by atoms with E-state index in [0.29, 0.717) is 16.7 Å². The number of alkyl halides is 3. The van der Waals surface area contributed by atoms with Gasteiger partial charge in [-0.05, 0) is 60.4 Å². The van der Waals surface area contributed by atoms with E-state index in [0.717, 1.165) is 22.5 Å². The highest BCUT2D eigenvalue weighted by Gasteiger charge is 2.34. The molecule has 1 atom stereocenters. The van der Waals surface area contributed by atoms with Gasteiger partial charge in [-0.25, -0.2) is 0 Å². The number of H-pyrrole nitrogens is 1. The average molecular weight is 493 g/mol. The number of hydrogen-bond acceptors (Lipinski definition) is 4. The van der Waals surface area contributed by atoms with Gasteiger partial charge in [-0.1, -0.05) is 36.4 Å². The lowest BCUT2D eigenvalue weighted by Gasteiger charge is -2.29. The lowest BCUT2D eigenvalue weighted by molar-refractivity contribution is -0.274. The quantitative estimate of drug-likeness (QED) is 0.324. The zero-order chi connectivity index (χ0) is 25.9. The number of aromatic amines is 1. The second-order valence-electron chi connectivity index (χ2n) is 8.66. The minimum absolute atomic E-state index is 0.226. The summed E-state index contributed by atoms with van der Waals surface area (Å²) in [4.78, 5) is 16.4. The highest BCUT2D eigenvalue weighted by molar-refractivity contribution is 5.99. The molecule has 6 nitrogen and oxygen atoms in total. The zero-order valence-electron chi connectivity index (χ0n) is 19.2. The van der Waals surface area contributed by atoms with Crippen molar-refractivity contribution in [1.29, 1.82) is 5.26 Å². The number of hydrogen-bond donors (Lipinski definition) is 3. The number of amides is 1. The molecule has 9 heteroatoms. The topological polar surface area (TPSA) is 98.1 Å². The third kappa shape index (κ3) is 5.50. The number of nitrogens with zero attached hydrogens (tertiary/aromatic N) is 1. The Labute approximate surface area is 204 Å². The molecule has 4 rings (SSSR count). The number of halogens is 3. The number of nitrogens with one attached hydrogen (secondary N) is 2. The lowest BCUT2D eigenvalue weighted by atomic mass is 9.92. The standard InChI is InChI=1S/C27H22F3N3O3/c1-26(16-34,13-20-15-32-23-5-3-2-4-21(20)23)33-25(35)22-12-19(10-11-24(22)36-27(28,29)30)18-8-6-17(14-31)7-9-18/h2-12,15,32,34H,13,16H2,1H3,(H,33,35). The van der Waals surface area contributed by atoms with Gasteiger partial charge in [0.2, 0.25) is 0 Å². The summed E-state index contributed by atoms with van der Waals surface area (Å²) in [5.74, 6) is -1.49. The van der Waals surface area contributed by atoms with Crippen molar-refractivity contribution in [1.82, 2.24) is 10.3 Å². The second-order valence-corrected chi connectivity index (χ2v) is 8.66. The molecule has 0 saturated heterocycles. The van der Waals surface area contributed by atoms with Crippen molar-refractivity contribution in [3.05, 3.63) is 89.6 Å². The molecule has 0 radical (unpaired) electrons. The van der Waals surface area contributed by atoms with Gasteiger partial charge in [0, 0.05) is 17.1 Å². The molecule has 184 valence electrons.